The number of nitrogens with zero attached hydrogens (tertiary/aromatic N) is 1. The highest BCUT2D eigenvalue weighted by Crippen LogP contribution is 2.29. The number of thiazole rings is 1. The second kappa shape index (κ2) is 4.99. The molecule has 8 heteroatoms. The number of sulfonamides is 1. The number of phenols is 1. The SMILES string of the molecule is Cc1cc(NS(=O)(=O)c2sc(Cl)nc2C)ccc1O. The van der Waals surface area contributed by atoms with Crippen molar-refractivity contribution in [2.24, 2.45) is 0 Å². The average Bonchev–Trinajstić information content (AvgIpc) is 2.63. The standard InChI is InChI=1S/C11H11ClN2O3S2/c1-6-5-8(3-4-9(6)15)14-19(16,17)10-7(2)13-11(12)18-10/h3-5,14-15H,1-2H3. The van der Waals surface area contributed by atoms with E-state index < -0.39 is 10.0 Å². The number of hydrogen-bond acceptors (Lipinski definition) is 5. The van der Waals surface area contributed by atoms with E-state index in [9.17, 15) is 13.5 Å². The zero-order valence-corrected chi connectivity index (χ0v) is 12.5. The smallest absolute Gasteiger partial charge is 0.273 e. The predicted molar refractivity (Wildman–Crippen MR) is 75.5 cm³/mol. The van der Waals surface area contributed by atoms with E-state index in [0.29, 0.717) is 16.9 Å². The highest BCUT2D eigenvalue weighted by atomic mass is 35.5. The van der Waals surface area contributed by atoms with Gasteiger partial charge in [0.1, 0.15) is 5.75 Å². The molecule has 0 aliphatic carbocycles. The normalized spacial score (nSPS) is 11.5. The molecule has 0 saturated heterocycles. The van der Waals surface area contributed by atoms with Crippen LogP contribution in [0.4, 0.5) is 5.69 Å². The molecule has 0 aliphatic heterocycles. The molecule has 0 atom stereocenters. The molecule has 2 aromatic rings. The van der Waals surface area contributed by atoms with Crippen LogP contribution in [0.25, 0.3) is 0 Å². The Labute approximate surface area is 119 Å². The zero-order valence-electron chi connectivity index (χ0n) is 10.1. The Kier molecular flexibility index (Phi) is 3.71. The second-order valence-electron chi connectivity index (χ2n) is 3.95. The minimum atomic E-state index is -3.71. The first-order valence-electron chi connectivity index (χ1n) is 5.25. The van der Waals surface area contributed by atoms with E-state index in [2.05, 4.69) is 9.71 Å². The first-order valence-corrected chi connectivity index (χ1v) is 7.93. The van der Waals surface area contributed by atoms with Gasteiger partial charge in [-0.2, -0.15) is 0 Å². The summed E-state index contributed by atoms with van der Waals surface area (Å²) >= 11 is 6.61. The molecule has 0 spiro atoms. The fourth-order valence-electron chi connectivity index (χ4n) is 1.52. The molecule has 0 amide bonds. The van der Waals surface area contributed by atoms with Gasteiger partial charge in [-0.1, -0.05) is 22.9 Å². The summed E-state index contributed by atoms with van der Waals surface area (Å²) in [5.74, 6) is 0.111. The summed E-state index contributed by atoms with van der Waals surface area (Å²) in [7, 11) is -3.71. The number of hydrogen-bond donors (Lipinski definition) is 2. The molecule has 19 heavy (non-hydrogen) atoms. The van der Waals surface area contributed by atoms with Crippen molar-refractivity contribution >= 4 is 38.6 Å². The van der Waals surface area contributed by atoms with Crippen LogP contribution >= 0.6 is 22.9 Å². The number of rotatable bonds is 3. The van der Waals surface area contributed by atoms with Crippen LogP contribution < -0.4 is 4.72 Å². The Hall–Kier alpha value is -1.31. The lowest BCUT2D eigenvalue weighted by atomic mass is 10.2. The van der Waals surface area contributed by atoms with Gasteiger partial charge >= 0.3 is 0 Å². The number of nitrogens with one attached hydrogen (secondary N) is 1. The number of aromatic nitrogens is 1. The van der Waals surface area contributed by atoms with E-state index in [1.807, 2.05) is 0 Å². The summed E-state index contributed by atoms with van der Waals surface area (Å²) in [6.45, 7) is 3.26. The Morgan fingerprint density at radius 1 is 1.37 bits per heavy atom. The van der Waals surface area contributed by atoms with Crippen LogP contribution in [0.3, 0.4) is 0 Å². The lowest BCUT2D eigenvalue weighted by Crippen LogP contribution is -2.12. The van der Waals surface area contributed by atoms with Crippen molar-refractivity contribution in [1.82, 2.24) is 4.98 Å². The molecular weight excluding hydrogens is 308 g/mol. The number of aryl methyl sites for hydroxylation is 2. The van der Waals surface area contributed by atoms with Crippen molar-refractivity contribution in [3.8, 4) is 5.75 Å². The van der Waals surface area contributed by atoms with Gasteiger partial charge in [0, 0.05) is 5.69 Å². The van der Waals surface area contributed by atoms with Crippen LogP contribution in [0, 0.1) is 13.8 Å². The van der Waals surface area contributed by atoms with Crippen LogP contribution in [0.5, 0.6) is 5.75 Å². The third-order valence-corrected chi connectivity index (χ3v) is 5.67. The van der Waals surface area contributed by atoms with E-state index in [0.717, 1.165) is 11.3 Å². The number of halogens is 1. The number of aromatic hydroxyl groups is 1. The molecule has 0 saturated carbocycles. The van der Waals surface area contributed by atoms with Crippen molar-refractivity contribution in [3.05, 3.63) is 33.9 Å². The maximum absolute atomic E-state index is 12.2. The fourth-order valence-corrected chi connectivity index (χ4v) is 4.31. The molecule has 1 aromatic heterocycles. The first-order chi connectivity index (χ1) is 8.79. The topological polar surface area (TPSA) is 79.3 Å². The van der Waals surface area contributed by atoms with Crippen LogP contribution in [0.1, 0.15) is 11.3 Å². The molecule has 2 N–H and O–H groups in total. The number of benzene rings is 1. The molecule has 1 heterocycles. The molecule has 0 aliphatic rings. The van der Waals surface area contributed by atoms with E-state index in [1.165, 1.54) is 12.1 Å². The number of phenolic OH excluding ortho intramolecular Hbond substituents is 1. The quantitative estimate of drug-likeness (QED) is 0.853. The summed E-state index contributed by atoms with van der Waals surface area (Å²) in [6, 6.07) is 4.46. The van der Waals surface area contributed by atoms with Crippen LogP contribution in [0.15, 0.2) is 22.4 Å². The second-order valence-corrected chi connectivity index (χ2v) is 7.41. The molecule has 0 fully saturated rings. The Morgan fingerprint density at radius 3 is 2.58 bits per heavy atom. The molecule has 1 aromatic carbocycles. The van der Waals surface area contributed by atoms with Crippen molar-refractivity contribution < 1.29 is 13.5 Å². The maximum atomic E-state index is 12.2. The van der Waals surface area contributed by atoms with Crippen molar-refractivity contribution in [2.45, 2.75) is 18.1 Å². The minimum absolute atomic E-state index is 0.0863. The van der Waals surface area contributed by atoms with Crippen LogP contribution in [0.2, 0.25) is 4.47 Å². The Morgan fingerprint density at radius 2 is 2.05 bits per heavy atom. The lowest BCUT2D eigenvalue weighted by Gasteiger charge is -2.08. The third-order valence-electron chi connectivity index (χ3n) is 2.42. The summed E-state index contributed by atoms with van der Waals surface area (Å²) < 4.78 is 27.0. The third kappa shape index (κ3) is 2.99. The van der Waals surface area contributed by atoms with Gasteiger partial charge in [0.2, 0.25) is 0 Å². The van der Waals surface area contributed by atoms with Crippen molar-refractivity contribution in [1.29, 1.82) is 0 Å². The zero-order chi connectivity index (χ0) is 14.2. The monoisotopic (exact) mass is 318 g/mol. The van der Waals surface area contributed by atoms with Gasteiger partial charge in [-0.15, -0.1) is 0 Å². The van der Waals surface area contributed by atoms with Crippen LogP contribution in [-0.4, -0.2) is 18.5 Å². The molecule has 5 nitrogen and oxygen atoms in total. The van der Waals surface area contributed by atoms with Gasteiger partial charge in [0.25, 0.3) is 10.0 Å². The van der Waals surface area contributed by atoms with Gasteiger partial charge in [-0.25, -0.2) is 13.4 Å². The Balaban J connectivity index is 2.36. The van der Waals surface area contributed by atoms with Gasteiger partial charge in [-0.3, -0.25) is 4.72 Å². The molecule has 102 valence electrons. The summed E-state index contributed by atoms with van der Waals surface area (Å²) in [5, 5.41) is 9.40. The molecule has 0 bridgehead atoms. The van der Waals surface area contributed by atoms with Crippen molar-refractivity contribution in [2.75, 3.05) is 4.72 Å². The summed E-state index contributed by atoms with van der Waals surface area (Å²) in [6.07, 6.45) is 0. The average molecular weight is 319 g/mol. The summed E-state index contributed by atoms with van der Waals surface area (Å²) in [4.78, 5) is 3.88. The molecule has 0 unspecified atom stereocenters. The summed E-state index contributed by atoms with van der Waals surface area (Å²) in [5.41, 5.74) is 1.32. The van der Waals surface area contributed by atoms with Crippen LogP contribution in [-0.2, 0) is 10.0 Å². The maximum Gasteiger partial charge on any atom is 0.273 e. The van der Waals surface area contributed by atoms with Gasteiger partial charge in [0.15, 0.2) is 8.68 Å². The highest BCUT2D eigenvalue weighted by Gasteiger charge is 2.21. The lowest BCUT2D eigenvalue weighted by molar-refractivity contribution is 0.471. The van der Waals surface area contributed by atoms with E-state index in [1.54, 1.807) is 19.9 Å². The molecular formula is C11H11ClN2O3S2. The predicted octanol–water partition coefficient (Wildman–Crippen LogP) is 2.92. The Bertz CT molecular complexity index is 726. The fraction of sp³-hybridized carbons (Fsp3) is 0.182. The highest BCUT2D eigenvalue weighted by molar-refractivity contribution is 7.94. The number of anilines is 1. The van der Waals surface area contributed by atoms with E-state index >= 15 is 0 Å². The largest absolute Gasteiger partial charge is 0.508 e. The molecule has 2 rings (SSSR count). The van der Waals surface area contributed by atoms with Gasteiger partial charge in [0.05, 0.1) is 5.69 Å². The first kappa shape index (κ1) is 14.1. The minimum Gasteiger partial charge on any atom is -0.508 e. The van der Waals surface area contributed by atoms with Gasteiger partial charge in [-0.05, 0) is 37.6 Å². The molecule has 0 radical (unpaired) electrons. The van der Waals surface area contributed by atoms with E-state index in [-0.39, 0.29) is 14.4 Å². The van der Waals surface area contributed by atoms with Crippen molar-refractivity contribution in [3.63, 3.8) is 0 Å². The van der Waals surface area contributed by atoms with Gasteiger partial charge < -0.3 is 5.11 Å². The van der Waals surface area contributed by atoms with E-state index in [4.69, 9.17) is 11.6 Å².